The molecule has 1 fully saturated rings. The molecule has 0 amide bonds. The highest BCUT2D eigenvalue weighted by molar-refractivity contribution is 6.35. The van der Waals surface area contributed by atoms with Crippen LogP contribution < -0.4 is 5.56 Å². The number of rotatable bonds is 3. The van der Waals surface area contributed by atoms with E-state index in [4.69, 9.17) is 23.2 Å². The van der Waals surface area contributed by atoms with Gasteiger partial charge in [0.1, 0.15) is 5.82 Å². The lowest BCUT2D eigenvalue weighted by Crippen LogP contribution is -2.35. The maximum absolute atomic E-state index is 12.4. The SMILES string of the molecule is O=c1[nH]c(C2CC2)nc2c1CN(Cc1c(Cl)cccc1Cl)CC2. The normalized spacial score (nSPS) is 18.0. The summed E-state index contributed by atoms with van der Waals surface area (Å²) in [4.78, 5) is 22.2. The molecule has 0 bridgehead atoms. The zero-order valence-corrected chi connectivity index (χ0v) is 14.1. The van der Waals surface area contributed by atoms with Crippen molar-refractivity contribution in [1.82, 2.24) is 14.9 Å². The van der Waals surface area contributed by atoms with E-state index in [9.17, 15) is 4.79 Å². The van der Waals surface area contributed by atoms with Crippen LogP contribution in [0.1, 0.15) is 41.4 Å². The van der Waals surface area contributed by atoms with Gasteiger partial charge in [-0.1, -0.05) is 29.3 Å². The first-order valence-corrected chi connectivity index (χ1v) is 8.64. The van der Waals surface area contributed by atoms with E-state index < -0.39 is 0 Å². The summed E-state index contributed by atoms with van der Waals surface area (Å²) in [5.74, 6) is 1.34. The Balaban J connectivity index is 1.58. The molecule has 1 aromatic heterocycles. The highest BCUT2D eigenvalue weighted by Gasteiger charge is 2.29. The first-order valence-electron chi connectivity index (χ1n) is 7.89. The van der Waals surface area contributed by atoms with Crippen molar-refractivity contribution < 1.29 is 0 Å². The molecule has 0 unspecified atom stereocenters. The fourth-order valence-electron chi connectivity index (χ4n) is 3.09. The van der Waals surface area contributed by atoms with Crippen LogP contribution in [0.2, 0.25) is 10.0 Å². The van der Waals surface area contributed by atoms with E-state index in [-0.39, 0.29) is 5.56 Å². The zero-order chi connectivity index (χ0) is 16.0. The van der Waals surface area contributed by atoms with Crippen LogP contribution in [0.4, 0.5) is 0 Å². The lowest BCUT2D eigenvalue weighted by molar-refractivity contribution is 0.241. The summed E-state index contributed by atoms with van der Waals surface area (Å²) < 4.78 is 0. The van der Waals surface area contributed by atoms with Gasteiger partial charge in [0.05, 0.1) is 11.3 Å². The monoisotopic (exact) mass is 349 g/mol. The molecule has 2 aliphatic rings. The molecule has 1 N–H and O–H groups in total. The van der Waals surface area contributed by atoms with Crippen molar-refractivity contribution in [3.8, 4) is 0 Å². The number of aromatic amines is 1. The Bertz CT molecular complexity index is 794. The minimum absolute atomic E-state index is 0.00635. The number of nitrogens with one attached hydrogen (secondary N) is 1. The molecule has 0 saturated heterocycles. The highest BCUT2D eigenvalue weighted by Crippen LogP contribution is 2.38. The average Bonchev–Trinajstić information content (AvgIpc) is 3.36. The molecule has 0 radical (unpaired) electrons. The van der Waals surface area contributed by atoms with E-state index in [2.05, 4.69) is 14.9 Å². The number of nitrogens with zero attached hydrogens (tertiary/aromatic N) is 2. The smallest absolute Gasteiger partial charge is 0.255 e. The fraction of sp³-hybridized carbons (Fsp3) is 0.412. The Kier molecular flexibility index (Phi) is 3.92. The van der Waals surface area contributed by atoms with Gasteiger partial charge in [0.25, 0.3) is 5.56 Å². The Morgan fingerprint density at radius 1 is 1.26 bits per heavy atom. The molecule has 6 heteroatoms. The average molecular weight is 350 g/mol. The van der Waals surface area contributed by atoms with Gasteiger partial charge in [-0.2, -0.15) is 0 Å². The minimum atomic E-state index is 0.00635. The van der Waals surface area contributed by atoms with Gasteiger partial charge in [-0.05, 0) is 25.0 Å². The van der Waals surface area contributed by atoms with Crippen molar-refractivity contribution >= 4 is 23.2 Å². The van der Waals surface area contributed by atoms with Gasteiger partial charge in [-0.3, -0.25) is 9.69 Å². The van der Waals surface area contributed by atoms with Gasteiger partial charge in [-0.25, -0.2) is 4.98 Å². The summed E-state index contributed by atoms with van der Waals surface area (Å²) in [5, 5.41) is 1.33. The van der Waals surface area contributed by atoms with E-state index in [0.717, 1.165) is 48.5 Å². The summed E-state index contributed by atoms with van der Waals surface area (Å²) in [7, 11) is 0. The number of fused-ring (bicyclic) bond motifs is 1. The summed E-state index contributed by atoms with van der Waals surface area (Å²) in [6, 6.07) is 5.53. The minimum Gasteiger partial charge on any atom is -0.310 e. The van der Waals surface area contributed by atoms with Crippen molar-refractivity contribution in [2.45, 2.75) is 38.3 Å². The van der Waals surface area contributed by atoms with Crippen LogP contribution in [0.5, 0.6) is 0 Å². The van der Waals surface area contributed by atoms with E-state index in [1.165, 1.54) is 0 Å². The van der Waals surface area contributed by atoms with Crippen LogP contribution in [0.25, 0.3) is 0 Å². The number of aromatic nitrogens is 2. The first kappa shape index (κ1) is 15.2. The standard InChI is InChI=1S/C17H17Cl2N3O/c18-13-2-1-3-14(19)11(13)8-22-7-6-15-12(9-22)17(23)21-16(20-15)10-4-5-10/h1-3,10H,4-9H2,(H,20,21,23). The maximum Gasteiger partial charge on any atom is 0.255 e. The van der Waals surface area contributed by atoms with Gasteiger partial charge in [0.15, 0.2) is 0 Å². The molecular formula is C17H17Cl2N3O. The molecule has 120 valence electrons. The molecule has 23 heavy (non-hydrogen) atoms. The summed E-state index contributed by atoms with van der Waals surface area (Å²) >= 11 is 12.5. The Labute approximate surface area is 144 Å². The molecule has 1 aliphatic heterocycles. The van der Waals surface area contributed by atoms with Gasteiger partial charge < -0.3 is 4.98 Å². The number of hydrogen-bond acceptors (Lipinski definition) is 3. The van der Waals surface area contributed by atoms with Crippen LogP contribution in [0.15, 0.2) is 23.0 Å². The summed E-state index contributed by atoms with van der Waals surface area (Å²) in [5.41, 5.74) is 2.66. The van der Waals surface area contributed by atoms with Crippen molar-refractivity contribution in [2.75, 3.05) is 6.54 Å². The molecule has 1 saturated carbocycles. The van der Waals surface area contributed by atoms with E-state index in [1.54, 1.807) is 0 Å². The second kappa shape index (κ2) is 5.93. The number of H-pyrrole nitrogens is 1. The summed E-state index contributed by atoms with van der Waals surface area (Å²) in [6.45, 7) is 2.08. The van der Waals surface area contributed by atoms with Crippen molar-refractivity contribution in [3.63, 3.8) is 0 Å². The lowest BCUT2D eigenvalue weighted by Gasteiger charge is -2.28. The Morgan fingerprint density at radius 3 is 2.70 bits per heavy atom. The molecule has 1 aromatic carbocycles. The molecule has 0 spiro atoms. The number of benzene rings is 1. The number of hydrogen-bond donors (Lipinski definition) is 1. The highest BCUT2D eigenvalue weighted by atomic mass is 35.5. The fourth-order valence-corrected chi connectivity index (χ4v) is 3.61. The molecule has 0 atom stereocenters. The third-order valence-electron chi connectivity index (χ3n) is 4.57. The largest absolute Gasteiger partial charge is 0.310 e. The third-order valence-corrected chi connectivity index (χ3v) is 5.28. The topological polar surface area (TPSA) is 49.0 Å². The quantitative estimate of drug-likeness (QED) is 0.922. The van der Waals surface area contributed by atoms with Crippen LogP contribution in [0, 0.1) is 0 Å². The van der Waals surface area contributed by atoms with Gasteiger partial charge >= 0.3 is 0 Å². The molecule has 4 nitrogen and oxygen atoms in total. The lowest BCUT2D eigenvalue weighted by atomic mass is 10.1. The van der Waals surface area contributed by atoms with Crippen molar-refractivity contribution in [3.05, 3.63) is 61.2 Å². The van der Waals surface area contributed by atoms with Crippen LogP contribution in [-0.2, 0) is 19.5 Å². The van der Waals surface area contributed by atoms with Crippen LogP contribution >= 0.6 is 23.2 Å². The van der Waals surface area contributed by atoms with E-state index >= 15 is 0 Å². The molecular weight excluding hydrogens is 333 g/mol. The van der Waals surface area contributed by atoms with Gasteiger partial charge in [0.2, 0.25) is 0 Å². The molecule has 4 rings (SSSR count). The first-order chi connectivity index (χ1) is 11.1. The van der Waals surface area contributed by atoms with Gasteiger partial charge in [0, 0.05) is 47.6 Å². The third kappa shape index (κ3) is 3.03. The molecule has 2 aromatic rings. The van der Waals surface area contributed by atoms with Crippen LogP contribution in [-0.4, -0.2) is 21.4 Å². The van der Waals surface area contributed by atoms with Crippen molar-refractivity contribution in [1.29, 1.82) is 0 Å². The Morgan fingerprint density at radius 2 is 2.00 bits per heavy atom. The Hall–Kier alpha value is -1.36. The molecule has 2 heterocycles. The summed E-state index contributed by atoms with van der Waals surface area (Å²) in [6.07, 6.45) is 3.07. The zero-order valence-electron chi connectivity index (χ0n) is 12.6. The van der Waals surface area contributed by atoms with E-state index in [0.29, 0.717) is 29.1 Å². The predicted octanol–water partition coefficient (Wildman–Crippen LogP) is 3.51. The maximum atomic E-state index is 12.4. The van der Waals surface area contributed by atoms with Crippen molar-refractivity contribution in [2.24, 2.45) is 0 Å². The second-order valence-electron chi connectivity index (χ2n) is 6.31. The predicted molar refractivity (Wildman–Crippen MR) is 91.1 cm³/mol. The molecule has 1 aliphatic carbocycles. The van der Waals surface area contributed by atoms with E-state index in [1.807, 2.05) is 18.2 Å². The number of halogens is 2. The van der Waals surface area contributed by atoms with Gasteiger partial charge in [-0.15, -0.1) is 0 Å². The second-order valence-corrected chi connectivity index (χ2v) is 7.13. The van der Waals surface area contributed by atoms with Crippen LogP contribution in [0.3, 0.4) is 0 Å².